The lowest BCUT2D eigenvalue weighted by atomic mass is 9.71. The highest BCUT2D eigenvalue weighted by atomic mass is 16.5. The Bertz CT molecular complexity index is 676. The van der Waals surface area contributed by atoms with E-state index in [1.165, 1.54) is 6.42 Å². The molecule has 3 aliphatic rings. The number of carbonyl (C=O) groups excluding carboxylic acids is 2. The minimum Gasteiger partial charge on any atom is -0.378 e. The summed E-state index contributed by atoms with van der Waals surface area (Å²) in [6.45, 7) is 4.06. The van der Waals surface area contributed by atoms with E-state index < -0.39 is 0 Å². The summed E-state index contributed by atoms with van der Waals surface area (Å²) in [6.07, 6.45) is 6.21. The number of ether oxygens (including phenoxy) is 1. The Labute approximate surface area is 155 Å². The van der Waals surface area contributed by atoms with Crippen LogP contribution in [0.1, 0.15) is 54.4 Å². The topological polar surface area (TPSA) is 49.9 Å². The Hall–Kier alpha value is -1.88. The van der Waals surface area contributed by atoms with E-state index in [0.29, 0.717) is 45.8 Å². The van der Waals surface area contributed by atoms with Crippen molar-refractivity contribution in [1.82, 2.24) is 9.80 Å². The molecule has 0 bridgehead atoms. The molecule has 1 aromatic rings. The summed E-state index contributed by atoms with van der Waals surface area (Å²) in [5.41, 5.74) is 1.88. The second-order valence-corrected chi connectivity index (χ2v) is 8.05. The summed E-state index contributed by atoms with van der Waals surface area (Å²) in [7, 11) is 0. The Balaban J connectivity index is 1.48. The van der Waals surface area contributed by atoms with Gasteiger partial charge in [-0.25, -0.2) is 0 Å². The first-order valence-corrected chi connectivity index (χ1v) is 9.90. The molecule has 0 atom stereocenters. The molecule has 0 aromatic heterocycles. The molecule has 1 saturated carbocycles. The van der Waals surface area contributed by atoms with Crippen molar-refractivity contribution in [2.75, 3.05) is 32.8 Å². The third-order valence-electron chi connectivity index (χ3n) is 6.23. The molecular formula is C21H28N2O3. The van der Waals surface area contributed by atoms with Crippen LogP contribution >= 0.6 is 0 Å². The largest absolute Gasteiger partial charge is 0.378 e. The summed E-state index contributed by atoms with van der Waals surface area (Å²) in [5.74, 6) is 0.365. The number of morpholine rings is 1. The molecule has 4 rings (SSSR count). The van der Waals surface area contributed by atoms with Crippen molar-refractivity contribution < 1.29 is 14.3 Å². The molecule has 2 fully saturated rings. The molecule has 0 unspecified atom stereocenters. The molecule has 1 aromatic carbocycles. The predicted octanol–water partition coefficient (Wildman–Crippen LogP) is 2.84. The fourth-order valence-corrected chi connectivity index (χ4v) is 4.79. The van der Waals surface area contributed by atoms with Gasteiger partial charge < -0.3 is 14.5 Å². The Morgan fingerprint density at radius 3 is 2.54 bits per heavy atom. The zero-order valence-electron chi connectivity index (χ0n) is 15.4. The summed E-state index contributed by atoms with van der Waals surface area (Å²) in [5, 5.41) is 0. The number of carbonyl (C=O) groups is 2. The van der Waals surface area contributed by atoms with Crippen molar-refractivity contribution in [2.45, 2.75) is 45.1 Å². The first-order chi connectivity index (χ1) is 12.7. The van der Waals surface area contributed by atoms with Gasteiger partial charge in [-0.3, -0.25) is 9.59 Å². The lowest BCUT2D eigenvalue weighted by molar-refractivity contribution is -0.138. The Kier molecular flexibility index (Phi) is 4.98. The van der Waals surface area contributed by atoms with Crippen LogP contribution in [0.3, 0.4) is 0 Å². The fourth-order valence-electron chi connectivity index (χ4n) is 4.79. The molecule has 2 amide bonds. The van der Waals surface area contributed by atoms with Gasteiger partial charge in [0.25, 0.3) is 5.91 Å². The maximum atomic E-state index is 12.9. The van der Waals surface area contributed by atoms with Gasteiger partial charge in [-0.05, 0) is 29.9 Å². The molecule has 5 nitrogen and oxygen atoms in total. The van der Waals surface area contributed by atoms with Crippen molar-refractivity contribution in [3.8, 4) is 0 Å². The van der Waals surface area contributed by atoms with E-state index in [1.807, 2.05) is 34.1 Å². The number of hydrogen-bond acceptors (Lipinski definition) is 3. The van der Waals surface area contributed by atoms with Gasteiger partial charge in [0.15, 0.2) is 0 Å². The molecule has 0 spiro atoms. The van der Waals surface area contributed by atoms with Gasteiger partial charge in [-0.2, -0.15) is 0 Å². The van der Waals surface area contributed by atoms with Gasteiger partial charge >= 0.3 is 0 Å². The molecule has 140 valence electrons. The average Bonchev–Trinajstić information content (AvgIpc) is 2.99. The van der Waals surface area contributed by atoms with Crippen LogP contribution in [0.4, 0.5) is 0 Å². The van der Waals surface area contributed by atoms with Crippen LogP contribution in [0.5, 0.6) is 0 Å². The summed E-state index contributed by atoms with van der Waals surface area (Å²) in [6, 6.07) is 7.89. The second kappa shape index (κ2) is 7.39. The number of rotatable bonds is 4. The van der Waals surface area contributed by atoms with Crippen LogP contribution in [0.25, 0.3) is 0 Å². The van der Waals surface area contributed by atoms with Gasteiger partial charge in [-0.1, -0.05) is 37.5 Å². The van der Waals surface area contributed by atoms with Crippen LogP contribution in [-0.4, -0.2) is 54.5 Å². The van der Waals surface area contributed by atoms with Crippen LogP contribution in [0.2, 0.25) is 0 Å². The predicted molar refractivity (Wildman–Crippen MR) is 98.7 cm³/mol. The maximum absolute atomic E-state index is 12.9. The number of hydrogen-bond donors (Lipinski definition) is 0. The zero-order valence-corrected chi connectivity index (χ0v) is 15.4. The van der Waals surface area contributed by atoms with Crippen molar-refractivity contribution in [1.29, 1.82) is 0 Å². The van der Waals surface area contributed by atoms with Crippen molar-refractivity contribution in [3.05, 3.63) is 35.4 Å². The van der Waals surface area contributed by atoms with Crippen LogP contribution in [-0.2, 0) is 16.1 Å². The lowest BCUT2D eigenvalue weighted by Crippen LogP contribution is -2.46. The quantitative estimate of drug-likeness (QED) is 0.833. The number of benzene rings is 1. The molecule has 26 heavy (non-hydrogen) atoms. The smallest absolute Gasteiger partial charge is 0.254 e. The summed E-state index contributed by atoms with van der Waals surface area (Å²) in [4.78, 5) is 29.6. The fraction of sp³-hybridized carbons (Fsp3) is 0.619. The van der Waals surface area contributed by atoms with Crippen molar-refractivity contribution in [2.24, 2.45) is 5.41 Å². The van der Waals surface area contributed by atoms with E-state index in [9.17, 15) is 9.59 Å². The number of fused-ring (bicyclic) bond motifs is 1. The molecule has 0 radical (unpaired) electrons. The standard InChI is InChI=1S/C21H28N2O3/c24-19(22-10-12-26-13-11-22)14-21(8-4-1-5-9-21)16-23-15-17-6-2-3-7-18(17)20(23)25/h2-3,6-7H,1,4-5,8-16H2. The normalized spacial score (nSPS) is 22.4. The minimum absolute atomic E-state index is 0.0641. The highest BCUT2D eigenvalue weighted by Crippen LogP contribution is 2.42. The van der Waals surface area contributed by atoms with Gasteiger partial charge in [0, 0.05) is 38.2 Å². The van der Waals surface area contributed by atoms with Crippen LogP contribution < -0.4 is 0 Å². The maximum Gasteiger partial charge on any atom is 0.254 e. The first-order valence-electron chi connectivity index (χ1n) is 9.90. The van der Waals surface area contributed by atoms with E-state index >= 15 is 0 Å². The van der Waals surface area contributed by atoms with E-state index in [1.54, 1.807) is 0 Å². The molecule has 2 heterocycles. The second-order valence-electron chi connectivity index (χ2n) is 8.05. The van der Waals surface area contributed by atoms with Crippen molar-refractivity contribution >= 4 is 11.8 Å². The van der Waals surface area contributed by atoms with Crippen LogP contribution in [0.15, 0.2) is 24.3 Å². The lowest BCUT2D eigenvalue weighted by Gasteiger charge is -2.41. The summed E-state index contributed by atoms with van der Waals surface area (Å²) < 4.78 is 5.38. The van der Waals surface area contributed by atoms with E-state index in [4.69, 9.17) is 4.74 Å². The zero-order chi connectivity index (χ0) is 18.0. The van der Waals surface area contributed by atoms with Crippen molar-refractivity contribution in [3.63, 3.8) is 0 Å². The first kappa shape index (κ1) is 17.5. The highest BCUT2D eigenvalue weighted by molar-refractivity contribution is 5.98. The van der Waals surface area contributed by atoms with Gasteiger partial charge in [0.05, 0.1) is 13.2 Å². The van der Waals surface area contributed by atoms with Crippen LogP contribution in [0, 0.1) is 5.41 Å². The third kappa shape index (κ3) is 3.50. The molecule has 1 aliphatic carbocycles. The Morgan fingerprint density at radius 1 is 1.08 bits per heavy atom. The van der Waals surface area contributed by atoms with E-state index in [2.05, 4.69) is 0 Å². The highest BCUT2D eigenvalue weighted by Gasteiger charge is 2.40. The van der Waals surface area contributed by atoms with Gasteiger partial charge in [0.1, 0.15) is 0 Å². The Morgan fingerprint density at radius 2 is 1.81 bits per heavy atom. The molecule has 0 N–H and O–H groups in total. The van der Waals surface area contributed by atoms with E-state index in [-0.39, 0.29) is 17.2 Å². The average molecular weight is 356 g/mol. The summed E-state index contributed by atoms with van der Waals surface area (Å²) >= 11 is 0. The van der Waals surface area contributed by atoms with Gasteiger partial charge in [-0.15, -0.1) is 0 Å². The molecule has 2 aliphatic heterocycles. The monoisotopic (exact) mass is 356 g/mol. The number of amides is 2. The molecule has 1 saturated heterocycles. The molecular weight excluding hydrogens is 328 g/mol. The molecule has 5 heteroatoms. The SMILES string of the molecule is O=C(CC1(CN2Cc3ccccc3C2=O)CCCCC1)N1CCOCC1. The third-order valence-corrected chi connectivity index (χ3v) is 6.23. The van der Waals surface area contributed by atoms with E-state index in [0.717, 1.165) is 36.8 Å². The van der Waals surface area contributed by atoms with Gasteiger partial charge in [0.2, 0.25) is 5.91 Å². The minimum atomic E-state index is -0.0641. The number of nitrogens with zero attached hydrogens (tertiary/aromatic N) is 2.